The van der Waals surface area contributed by atoms with E-state index >= 15 is 0 Å². The zero-order valence-electron chi connectivity index (χ0n) is 12.3. The summed E-state index contributed by atoms with van der Waals surface area (Å²) in [4.78, 5) is 12.5. The first-order chi connectivity index (χ1) is 10.1. The van der Waals surface area contributed by atoms with Gasteiger partial charge in [-0.2, -0.15) is 0 Å². The molecule has 21 heavy (non-hydrogen) atoms. The number of benzene rings is 1. The molecule has 0 spiro atoms. The van der Waals surface area contributed by atoms with Gasteiger partial charge in [-0.1, -0.05) is 37.3 Å². The van der Waals surface area contributed by atoms with Gasteiger partial charge < -0.3 is 11.1 Å². The first-order valence-electron chi connectivity index (χ1n) is 7.99. The second-order valence-electron chi connectivity index (χ2n) is 6.54. The van der Waals surface area contributed by atoms with Crippen LogP contribution in [0.5, 0.6) is 0 Å². The van der Waals surface area contributed by atoms with E-state index in [1.807, 2.05) is 0 Å². The monoisotopic (exact) mass is 306 g/mol. The summed E-state index contributed by atoms with van der Waals surface area (Å²) in [6.07, 6.45) is 8.64. The lowest BCUT2D eigenvalue weighted by Crippen LogP contribution is -2.34. The number of rotatable bonds is 2. The van der Waals surface area contributed by atoms with Crippen LogP contribution in [0.25, 0.3) is 0 Å². The fraction of sp³-hybridized carbons (Fsp3) is 0.588. The molecule has 3 nitrogen and oxygen atoms in total. The minimum Gasteiger partial charge on any atom is -0.397 e. The van der Waals surface area contributed by atoms with Gasteiger partial charge in [0.2, 0.25) is 5.91 Å². The quantitative estimate of drug-likeness (QED) is 0.792. The standard InChI is InChI=1S/C17H23ClN2O/c18-14-7-8-16(15(19)10-14)20-17(21)13-6-5-11-3-1-2-4-12(11)9-13/h7-8,10-13H,1-6,9,19H2,(H,20,21). The summed E-state index contributed by atoms with van der Waals surface area (Å²) in [5, 5.41) is 3.57. The van der Waals surface area contributed by atoms with Crippen LogP contribution in [0, 0.1) is 17.8 Å². The van der Waals surface area contributed by atoms with Crippen LogP contribution in [0.4, 0.5) is 11.4 Å². The van der Waals surface area contributed by atoms with Gasteiger partial charge >= 0.3 is 0 Å². The highest BCUT2D eigenvalue weighted by molar-refractivity contribution is 6.31. The van der Waals surface area contributed by atoms with E-state index in [-0.39, 0.29) is 11.8 Å². The van der Waals surface area contributed by atoms with Crippen molar-refractivity contribution in [2.75, 3.05) is 11.1 Å². The van der Waals surface area contributed by atoms with E-state index in [0.29, 0.717) is 16.4 Å². The maximum atomic E-state index is 12.5. The first-order valence-corrected chi connectivity index (χ1v) is 8.37. The van der Waals surface area contributed by atoms with Crippen molar-refractivity contribution in [3.63, 3.8) is 0 Å². The molecule has 3 atom stereocenters. The number of amides is 1. The Morgan fingerprint density at radius 2 is 1.90 bits per heavy atom. The fourth-order valence-electron chi connectivity index (χ4n) is 3.99. The van der Waals surface area contributed by atoms with Crippen LogP contribution in [0.1, 0.15) is 44.9 Å². The fourth-order valence-corrected chi connectivity index (χ4v) is 4.17. The van der Waals surface area contributed by atoms with E-state index in [1.54, 1.807) is 18.2 Å². The Balaban J connectivity index is 1.63. The van der Waals surface area contributed by atoms with Crippen LogP contribution in [0.2, 0.25) is 5.02 Å². The zero-order chi connectivity index (χ0) is 14.8. The van der Waals surface area contributed by atoms with Crippen LogP contribution >= 0.6 is 11.6 Å². The Kier molecular flexibility index (Phi) is 4.39. The van der Waals surface area contributed by atoms with Crippen LogP contribution in [0.3, 0.4) is 0 Å². The lowest BCUT2D eigenvalue weighted by molar-refractivity contribution is -0.122. The van der Waals surface area contributed by atoms with Crippen molar-refractivity contribution in [3.05, 3.63) is 23.2 Å². The van der Waals surface area contributed by atoms with Crippen molar-refractivity contribution in [3.8, 4) is 0 Å². The lowest BCUT2D eigenvalue weighted by atomic mass is 9.67. The summed E-state index contributed by atoms with van der Waals surface area (Å²) in [5.74, 6) is 1.88. The number of nitrogen functional groups attached to an aromatic ring is 1. The minimum atomic E-state index is 0.119. The molecule has 4 heteroatoms. The molecule has 114 valence electrons. The predicted molar refractivity (Wildman–Crippen MR) is 87.3 cm³/mol. The molecule has 2 fully saturated rings. The van der Waals surface area contributed by atoms with Gasteiger partial charge in [0.1, 0.15) is 0 Å². The average Bonchev–Trinajstić information content (AvgIpc) is 2.49. The molecule has 0 radical (unpaired) electrons. The second kappa shape index (κ2) is 6.27. The van der Waals surface area contributed by atoms with Gasteiger partial charge in [-0.3, -0.25) is 4.79 Å². The molecule has 2 aliphatic carbocycles. The van der Waals surface area contributed by atoms with Crippen LogP contribution < -0.4 is 11.1 Å². The maximum absolute atomic E-state index is 12.5. The number of nitrogens with two attached hydrogens (primary N) is 1. The predicted octanol–water partition coefficient (Wildman–Crippen LogP) is 4.47. The van der Waals surface area contributed by atoms with Crippen molar-refractivity contribution >= 4 is 28.9 Å². The molecule has 1 aromatic rings. The van der Waals surface area contributed by atoms with Gasteiger partial charge in [0.05, 0.1) is 11.4 Å². The summed E-state index contributed by atoms with van der Waals surface area (Å²) in [5.41, 5.74) is 7.11. The van der Waals surface area contributed by atoms with Gasteiger partial charge in [0.15, 0.2) is 0 Å². The molecule has 0 aromatic heterocycles. The molecular weight excluding hydrogens is 284 g/mol. The highest BCUT2D eigenvalue weighted by Crippen LogP contribution is 2.43. The molecule has 1 amide bonds. The number of carbonyl (C=O) groups excluding carboxylic acids is 1. The summed E-state index contributed by atoms with van der Waals surface area (Å²) >= 11 is 5.89. The maximum Gasteiger partial charge on any atom is 0.227 e. The minimum absolute atomic E-state index is 0.119. The Bertz CT molecular complexity index is 532. The molecular formula is C17H23ClN2O. The summed E-state index contributed by atoms with van der Waals surface area (Å²) in [7, 11) is 0. The van der Waals surface area contributed by atoms with Gasteiger partial charge in [-0.25, -0.2) is 0 Å². The SMILES string of the molecule is Nc1cc(Cl)ccc1NC(=O)C1CCC2CCCCC2C1. The smallest absolute Gasteiger partial charge is 0.227 e. The first kappa shape index (κ1) is 14.7. The number of hydrogen-bond acceptors (Lipinski definition) is 2. The molecule has 0 heterocycles. The van der Waals surface area contributed by atoms with E-state index < -0.39 is 0 Å². The molecule has 0 saturated heterocycles. The third kappa shape index (κ3) is 3.34. The zero-order valence-corrected chi connectivity index (χ0v) is 13.0. The third-order valence-electron chi connectivity index (χ3n) is 5.18. The highest BCUT2D eigenvalue weighted by Gasteiger charge is 2.35. The van der Waals surface area contributed by atoms with E-state index in [9.17, 15) is 4.79 Å². The third-order valence-corrected chi connectivity index (χ3v) is 5.42. The van der Waals surface area contributed by atoms with Crippen LogP contribution in [-0.2, 0) is 4.79 Å². The normalized spacial score (nSPS) is 28.7. The largest absolute Gasteiger partial charge is 0.397 e. The number of carbonyl (C=O) groups is 1. The molecule has 3 unspecified atom stereocenters. The molecule has 0 aliphatic heterocycles. The van der Waals surface area contributed by atoms with Gasteiger partial charge in [0, 0.05) is 10.9 Å². The molecule has 2 aliphatic rings. The van der Waals surface area contributed by atoms with Gasteiger partial charge in [0.25, 0.3) is 0 Å². The molecule has 0 bridgehead atoms. The molecule has 3 rings (SSSR count). The lowest BCUT2D eigenvalue weighted by Gasteiger charge is -2.38. The van der Waals surface area contributed by atoms with Crippen molar-refractivity contribution < 1.29 is 4.79 Å². The Hall–Kier alpha value is -1.22. The van der Waals surface area contributed by atoms with Crippen molar-refractivity contribution in [2.45, 2.75) is 44.9 Å². The topological polar surface area (TPSA) is 55.1 Å². The summed E-state index contributed by atoms with van der Waals surface area (Å²) in [6, 6.07) is 5.21. The number of nitrogens with one attached hydrogen (secondary N) is 1. The Labute approximate surface area is 131 Å². The van der Waals surface area contributed by atoms with E-state index in [4.69, 9.17) is 17.3 Å². The molecule has 3 N–H and O–H groups in total. The summed E-state index contributed by atoms with van der Waals surface area (Å²) < 4.78 is 0. The van der Waals surface area contributed by atoms with E-state index in [1.165, 1.54) is 32.1 Å². The van der Waals surface area contributed by atoms with Crippen molar-refractivity contribution in [1.82, 2.24) is 0 Å². The van der Waals surface area contributed by atoms with Crippen LogP contribution in [0.15, 0.2) is 18.2 Å². The molecule has 1 aromatic carbocycles. The second-order valence-corrected chi connectivity index (χ2v) is 6.97. The average molecular weight is 307 g/mol. The van der Waals surface area contributed by atoms with E-state index in [0.717, 1.165) is 24.7 Å². The van der Waals surface area contributed by atoms with Crippen molar-refractivity contribution in [2.24, 2.45) is 17.8 Å². The Morgan fingerprint density at radius 1 is 1.14 bits per heavy atom. The van der Waals surface area contributed by atoms with Crippen molar-refractivity contribution in [1.29, 1.82) is 0 Å². The highest BCUT2D eigenvalue weighted by atomic mass is 35.5. The van der Waals surface area contributed by atoms with Gasteiger partial charge in [-0.15, -0.1) is 0 Å². The van der Waals surface area contributed by atoms with Gasteiger partial charge in [-0.05, 0) is 49.3 Å². The summed E-state index contributed by atoms with van der Waals surface area (Å²) in [6.45, 7) is 0. The molecule has 2 saturated carbocycles. The number of anilines is 2. The number of halogens is 1. The van der Waals surface area contributed by atoms with E-state index in [2.05, 4.69) is 5.32 Å². The van der Waals surface area contributed by atoms with Crippen LogP contribution in [-0.4, -0.2) is 5.91 Å². The number of fused-ring (bicyclic) bond motifs is 1. The Morgan fingerprint density at radius 3 is 2.67 bits per heavy atom. The number of hydrogen-bond donors (Lipinski definition) is 2.